The molecule has 0 fully saturated rings. The molecule has 14 nitrogen and oxygen atoms in total. The Kier molecular flexibility index (Phi) is 16.5. The van der Waals surface area contributed by atoms with Crippen molar-refractivity contribution in [3.8, 4) is 0 Å². The summed E-state index contributed by atoms with van der Waals surface area (Å²) in [6, 6.07) is 0. The molecule has 0 aromatic heterocycles. The second-order valence-corrected chi connectivity index (χ2v) is 5.56. The van der Waals surface area contributed by atoms with Crippen molar-refractivity contribution in [1.29, 1.82) is 0 Å². The van der Waals surface area contributed by atoms with Gasteiger partial charge in [0.2, 0.25) is 0 Å². The van der Waals surface area contributed by atoms with Crippen LogP contribution in [0.25, 0.3) is 0 Å². The lowest BCUT2D eigenvalue weighted by atomic mass is 14.0. The first kappa shape index (κ1) is 30.4. The van der Waals surface area contributed by atoms with Crippen LogP contribution < -0.4 is 44.2 Å². The van der Waals surface area contributed by atoms with Crippen LogP contribution >= 0.6 is 23.5 Å². The van der Waals surface area contributed by atoms with Crippen molar-refractivity contribution in [2.24, 2.45) is 0 Å². The molecule has 0 spiro atoms. The normalized spacial score (nSPS) is 16.8. The van der Waals surface area contributed by atoms with Crippen molar-refractivity contribution >= 4 is 23.5 Å². The maximum absolute atomic E-state index is 10.1. The van der Waals surface area contributed by atoms with Crippen LogP contribution in [0.1, 0.15) is 0 Å². The van der Waals surface area contributed by atoms with Gasteiger partial charge in [-0.25, -0.2) is 4.31 Å². The van der Waals surface area contributed by atoms with Crippen molar-refractivity contribution in [2.45, 2.75) is 0 Å². The highest BCUT2D eigenvalue weighted by atomic mass is 31.3. The first-order valence-electron chi connectivity index (χ1n) is 2.21. The molecule has 0 aliphatic heterocycles. The molecule has 17 heavy (non-hydrogen) atoms. The van der Waals surface area contributed by atoms with Crippen LogP contribution in [0, 0.1) is 0 Å². The van der Waals surface area contributed by atoms with Crippen LogP contribution in [-0.4, -0.2) is 4.89 Å². The van der Waals surface area contributed by atoms with Gasteiger partial charge >= 0.3 is 0 Å². The van der Waals surface area contributed by atoms with Crippen LogP contribution in [0.15, 0.2) is 0 Å². The van der Waals surface area contributed by atoms with Crippen LogP contribution in [0.5, 0.6) is 0 Å². The van der Waals surface area contributed by atoms with Gasteiger partial charge in [-0.2, -0.15) is 0 Å². The molecule has 17 heteroatoms. The van der Waals surface area contributed by atoms with Gasteiger partial charge in [-0.05, 0) is 0 Å². The molecule has 0 heterocycles. The SMILES string of the molecule is O=P([O-])([O-])OP(=O)([O-])OP(=O)([O-])O.[NH4+].[NH4+].[NH4+].[NH4+]. The summed E-state index contributed by atoms with van der Waals surface area (Å²) in [5, 5.41) is 0. The smallest absolute Gasteiger partial charge is 0.278 e. The second kappa shape index (κ2) is 9.22. The maximum atomic E-state index is 10.1. The summed E-state index contributed by atoms with van der Waals surface area (Å²) in [6.07, 6.45) is 0. The predicted octanol–water partition coefficient (Wildman–Crippen LogP) is -1.72. The largest absolute Gasteiger partial charge is 0.790 e. The Balaban J connectivity index is -0.000000120. The third-order valence-electron chi connectivity index (χ3n) is 0.403. The van der Waals surface area contributed by atoms with E-state index in [2.05, 4.69) is 8.62 Å². The Hall–Kier alpha value is 0.250. The molecule has 2 atom stereocenters. The molecule has 17 N–H and O–H groups in total. The lowest BCUT2D eigenvalue weighted by Crippen LogP contribution is -2.19. The zero-order valence-electron chi connectivity index (χ0n) is 9.46. The van der Waals surface area contributed by atoms with Gasteiger partial charge in [0.05, 0.1) is 7.82 Å². The van der Waals surface area contributed by atoms with Gasteiger partial charge in [-0.3, -0.25) is 13.4 Å². The lowest BCUT2D eigenvalue weighted by molar-refractivity contribution is -0.339. The van der Waals surface area contributed by atoms with Crippen LogP contribution in [0.4, 0.5) is 0 Å². The zero-order chi connectivity index (χ0) is 10.9. The van der Waals surface area contributed by atoms with E-state index in [0.717, 1.165) is 0 Å². The van der Waals surface area contributed by atoms with Gasteiger partial charge < -0.3 is 53.6 Å². The Morgan fingerprint density at radius 2 is 1.06 bits per heavy atom. The van der Waals surface area contributed by atoms with Gasteiger partial charge in [0.1, 0.15) is 0 Å². The summed E-state index contributed by atoms with van der Waals surface area (Å²) in [5.41, 5.74) is 0. The third kappa shape index (κ3) is 22.0. The minimum Gasteiger partial charge on any atom is -0.790 e. The molecular formula is H17N4O10P3. The Morgan fingerprint density at radius 1 is 0.765 bits per heavy atom. The van der Waals surface area contributed by atoms with Crippen LogP contribution in [0.2, 0.25) is 0 Å². The van der Waals surface area contributed by atoms with E-state index in [0.29, 0.717) is 0 Å². The Bertz CT molecular complexity index is 286. The number of hydrogen-bond acceptors (Lipinski definition) is 9. The first-order chi connectivity index (χ1) is 5.41. The van der Waals surface area contributed by atoms with Crippen molar-refractivity contribution in [1.82, 2.24) is 24.6 Å². The van der Waals surface area contributed by atoms with Crippen molar-refractivity contribution in [2.75, 3.05) is 0 Å². The third-order valence-corrected chi connectivity index (χ3v) is 3.63. The van der Waals surface area contributed by atoms with E-state index >= 15 is 0 Å². The zero-order valence-corrected chi connectivity index (χ0v) is 12.1. The predicted molar refractivity (Wildman–Crippen MR) is 51.1 cm³/mol. The number of rotatable bonds is 4. The molecule has 0 saturated heterocycles. The van der Waals surface area contributed by atoms with Gasteiger partial charge in [0.15, 0.2) is 0 Å². The average molecular weight is 326 g/mol. The molecule has 2 unspecified atom stereocenters. The van der Waals surface area contributed by atoms with E-state index in [1.54, 1.807) is 0 Å². The van der Waals surface area contributed by atoms with Gasteiger partial charge in [0, 0.05) is 0 Å². The Labute approximate surface area is 95.8 Å². The van der Waals surface area contributed by atoms with Crippen LogP contribution in [0.3, 0.4) is 0 Å². The first-order valence-corrected chi connectivity index (χ1v) is 6.62. The standard InChI is InChI=1S/4H3N.H5O10P3/c;;;;1-11(2,3)9-13(7,8)10-12(4,5)6/h4*1H3;(H,7,8)(H2,1,2,3)(H2,4,5,6). The quantitative estimate of drug-likeness (QED) is 0.363. The van der Waals surface area contributed by atoms with E-state index in [1.165, 1.54) is 0 Å². The van der Waals surface area contributed by atoms with Gasteiger partial charge in [-0.15, -0.1) is 0 Å². The molecule has 0 rings (SSSR count). The highest BCUT2D eigenvalue weighted by Gasteiger charge is 2.17. The van der Waals surface area contributed by atoms with E-state index in [9.17, 15) is 33.3 Å². The number of quaternary nitrogens is 4. The van der Waals surface area contributed by atoms with Crippen molar-refractivity contribution < 1.29 is 46.8 Å². The molecule has 0 radical (unpaired) electrons. The fraction of sp³-hybridized carbons (Fsp3) is 0. The fourth-order valence-electron chi connectivity index (χ4n) is 0.264. The summed E-state index contributed by atoms with van der Waals surface area (Å²) < 4.78 is 35.0. The van der Waals surface area contributed by atoms with Crippen LogP contribution in [-0.2, 0) is 22.3 Å². The molecular weight excluding hydrogens is 309 g/mol. The molecule has 0 aromatic carbocycles. The van der Waals surface area contributed by atoms with Crippen molar-refractivity contribution in [3.05, 3.63) is 0 Å². The summed E-state index contributed by atoms with van der Waals surface area (Å²) in [5.74, 6) is 0. The van der Waals surface area contributed by atoms with E-state index in [1.807, 2.05) is 0 Å². The second-order valence-electron chi connectivity index (χ2n) is 1.53. The molecule has 112 valence electrons. The molecule has 0 aliphatic rings. The fourth-order valence-corrected chi connectivity index (χ4v) is 2.64. The monoisotopic (exact) mass is 326 g/mol. The average Bonchev–Trinajstić information content (AvgIpc) is 1.43. The molecule has 0 saturated carbocycles. The molecule has 0 amide bonds. The topological polar surface area (TPSA) is 328 Å². The molecule has 0 bridgehead atoms. The minimum atomic E-state index is -5.95. The highest BCUT2D eigenvalue weighted by molar-refractivity contribution is 7.64. The number of phosphoric acid groups is 3. The summed E-state index contributed by atoms with van der Waals surface area (Å²) in [6.45, 7) is 0. The highest BCUT2D eigenvalue weighted by Crippen LogP contribution is 2.58. The van der Waals surface area contributed by atoms with E-state index < -0.39 is 23.5 Å². The maximum Gasteiger partial charge on any atom is 0.278 e. The molecule has 0 aliphatic carbocycles. The summed E-state index contributed by atoms with van der Waals surface area (Å²) in [7, 11) is -17.6. The summed E-state index contributed by atoms with van der Waals surface area (Å²) in [4.78, 5) is 47.0. The number of hydrogen-bond donors (Lipinski definition) is 5. The summed E-state index contributed by atoms with van der Waals surface area (Å²) >= 11 is 0. The van der Waals surface area contributed by atoms with Crippen molar-refractivity contribution in [3.63, 3.8) is 0 Å². The Morgan fingerprint density at radius 3 is 1.24 bits per heavy atom. The molecule has 0 aromatic rings. The van der Waals surface area contributed by atoms with Gasteiger partial charge in [0.25, 0.3) is 15.6 Å². The lowest BCUT2D eigenvalue weighted by Gasteiger charge is -2.36. The van der Waals surface area contributed by atoms with Gasteiger partial charge in [-0.1, -0.05) is 0 Å². The van der Waals surface area contributed by atoms with E-state index in [-0.39, 0.29) is 24.6 Å². The van der Waals surface area contributed by atoms with E-state index in [4.69, 9.17) is 4.89 Å². The minimum absolute atomic E-state index is 0.